The fourth-order valence-corrected chi connectivity index (χ4v) is 1.73. The van der Waals surface area contributed by atoms with Crippen molar-refractivity contribution < 1.29 is 9.53 Å². The zero-order valence-electron chi connectivity index (χ0n) is 8.43. The van der Waals surface area contributed by atoms with Crippen LogP contribution in [0.15, 0.2) is 43.0 Å². The van der Waals surface area contributed by atoms with E-state index < -0.39 is 0 Å². The van der Waals surface area contributed by atoms with E-state index in [4.69, 9.17) is 4.74 Å². The Kier molecular flexibility index (Phi) is 2.72. The number of carbonyl (C=O) groups excluding carboxylic acids is 1. The average Bonchev–Trinajstić information content (AvgIpc) is 2.62. The van der Waals surface area contributed by atoms with Gasteiger partial charge in [0.25, 0.3) is 0 Å². The quantitative estimate of drug-likeness (QED) is 0.706. The molecule has 2 rings (SSSR count). The second kappa shape index (κ2) is 4.17. The Morgan fingerprint density at radius 2 is 2.20 bits per heavy atom. The van der Waals surface area contributed by atoms with Crippen LogP contribution in [0.3, 0.4) is 0 Å². The van der Waals surface area contributed by atoms with E-state index in [0.717, 1.165) is 12.1 Å². The van der Waals surface area contributed by atoms with Crippen molar-refractivity contribution in [3.63, 3.8) is 0 Å². The number of nitrogens with zero attached hydrogens (tertiary/aromatic N) is 1. The summed E-state index contributed by atoms with van der Waals surface area (Å²) in [5.74, 6) is 0. The van der Waals surface area contributed by atoms with Crippen molar-refractivity contribution in [3.8, 4) is 0 Å². The summed E-state index contributed by atoms with van der Waals surface area (Å²) in [4.78, 5) is 13.2. The smallest absolute Gasteiger partial charge is 0.414 e. The van der Waals surface area contributed by atoms with Crippen LogP contribution in [0.2, 0.25) is 0 Å². The number of ether oxygens (including phenoxy) is 1. The van der Waals surface area contributed by atoms with E-state index in [1.54, 1.807) is 4.90 Å². The molecule has 0 saturated carbocycles. The number of anilines is 1. The van der Waals surface area contributed by atoms with Gasteiger partial charge in [-0.1, -0.05) is 24.3 Å². The molecule has 1 heterocycles. The summed E-state index contributed by atoms with van der Waals surface area (Å²) in [5.41, 5.74) is 0.881. The summed E-state index contributed by atoms with van der Waals surface area (Å²) in [6.07, 6.45) is 2.29. The van der Waals surface area contributed by atoms with Crippen molar-refractivity contribution in [3.05, 3.63) is 43.0 Å². The van der Waals surface area contributed by atoms with Crippen molar-refractivity contribution in [2.75, 3.05) is 11.5 Å². The highest BCUT2D eigenvalue weighted by Gasteiger charge is 2.32. The van der Waals surface area contributed by atoms with Gasteiger partial charge in [0.15, 0.2) is 0 Å². The summed E-state index contributed by atoms with van der Waals surface area (Å²) < 4.78 is 5.02. The van der Waals surface area contributed by atoms with Gasteiger partial charge in [0.05, 0.1) is 6.04 Å². The topological polar surface area (TPSA) is 29.5 Å². The van der Waals surface area contributed by atoms with Crippen LogP contribution in [0.1, 0.15) is 6.42 Å². The molecule has 0 spiro atoms. The summed E-state index contributed by atoms with van der Waals surface area (Å²) in [7, 11) is 0. The second-order valence-electron chi connectivity index (χ2n) is 3.46. The van der Waals surface area contributed by atoms with E-state index in [1.165, 1.54) is 0 Å². The molecular formula is C12H13NO2. The Labute approximate surface area is 89.0 Å². The molecule has 78 valence electrons. The van der Waals surface area contributed by atoms with E-state index in [0.29, 0.717) is 6.61 Å². The van der Waals surface area contributed by atoms with Crippen molar-refractivity contribution >= 4 is 11.8 Å². The number of amides is 1. The third-order valence-corrected chi connectivity index (χ3v) is 2.43. The predicted octanol–water partition coefficient (Wildman–Crippen LogP) is 2.59. The summed E-state index contributed by atoms with van der Waals surface area (Å²) in [6.45, 7) is 4.13. The van der Waals surface area contributed by atoms with Gasteiger partial charge in [-0.15, -0.1) is 6.58 Å². The first-order valence-corrected chi connectivity index (χ1v) is 4.95. The maximum atomic E-state index is 11.5. The maximum Gasteiger partial charge on any atom is 0.414 e. The molecule has 0 aromatic heterocycles. The number of hydrogen-bond donors (Lipinski definition) is 0. The lowest BCUT2D eigenvalue weighted by atomic mass is 10.2. The van der Waals surface area contributed by atoms with Gasteiger partial charge in [-0.25, -0.2) is 4.79 Å². The molecule has 1 aromatic carbocycles. The van der Waals surface area contributed by atoms with Crippen LogP contribution >= 0.6 is 0 Å². The minimum absolute atomic E-state index is 0.0809. The lowest BCUT2D eigenvalue weighted by Gasteiger charge is -2.19. The molecule has 0 radical (unpaired) electrons. The summed E-state index contributed by atoms with van der Waals surface area (Å²) >= 11 is 0. The van der Waals surface area contributed by atoms with Gasteiger partial charge in [-0.05, 0) is 18.6 Å². The Hall–Kier alpha value is -1.77. The van der Waals surface area contributed by atoms with Crippen LogP contribution in [-0.2, 0) is 4.74 Å². The standard InChI is InChI=1S/C12H13NO2/c1-2-6-11-9-15-12(14)13(11)10-7-4-3-5-8-10/h2-5,7-8,11H,1,6,9H2. The number of rotatable bonds is 3. The lowest BCUT2D eigenvalue weighted by molar-refractivity contribution is 0.179. The van der Waals surface area contributed by atoms with Gasteiger partial charge in [-0.2, -0.15) is 0 Å². The van der Waals surface area contributed by atoms with Gasteiger partial charge in [0.1, 0.15) is 6.61 Å². The molecule has 1 saturated heterocycles. The third kappa shape index (κ3) is 1.86. The van der Waals surface area contributed by atoms with Gasteiger partial charge in [0.2, 0.25) is 0 Å². The Morgan fingerprint density at radius 1 is 1.47 bits per heavy atom. The molecule has 0 bridgehead atoms. The SMILES string of the molecule is C=CCC1COC(=O)N1c1ccccc1. The molecule has 15 heavy (non-hydrogen) atoms. The molecule has 3 heteroatoms. The highest BCUT2D eigenvalue weighted by molar-refractivity contribution is 5.90. The number of carbonyl (C=O) groups is 1. The first-order chi connectivity index (χ1) is 7.33. The minimum Gasteiger partial charge on any atom is -0.447 e. The van der Waals surface area contributed by atoms with Crippen molar-refractivity contribution in [2.45, 2.75) is 12.5 Å². The minimum atomic E-state index is -0.270. The van der Waals surface area contributed by atoms with Crippen molar-refractivity contribution in [1.82, 2.24) is 0 Å². The first-order valence-electron chi connectivity index (χ1n) is 4.95. The Bertz CT molecular complexity index is 361. The van der Waals surface area contributed by atoms with E-state index in [2.05, 4.69) is 6.58 Å². The fraction of sp³-hybridized carbons (Fsp3) is 0.250. The van der Waals surface area contributed by atoms with E-state index in [-0.39, 0.29) is 12.1 Å². The molecule has 1 atom stereocenters. The van der Waals surface area contributed by atoms with Crippen LogP contribution in [0, 0.1) is 0 Å². The van der Waals surface area contributed by atoms with Crippen LogP contribution in [0.4, 0.5) is 10.5 Å². The van der Waals surface area contributed by atoms with E-state index in [9.17, 15) is 4.79 Å². The van der Waals surface area contributed by atoms with Gasteiger partial charge >= 0.3 is 6.09 Å². The number of benzene rings is 1. The molecule has 1 unspecified atom stereocenters. The predicted molar refractivity (Wildman–Crippen MR) is 58.9 cm³/mol. The van der Waals surface area contributed by atoms with Gasteiger partial charge in [-0.3, -0.25) is 4.90 Å². The van der Waals surface area contributed by atoms with Crippen LogP contribution in [-0.4, -0.2) is 18.7 Å². The van der Waals surface area contributed by atoms with Crippen molar-refractivity contribution in [2.24, 2.45) is 0 Å². The summed E-state index contributed by atoms with van der Waals surface area (Å²) in [5, 5.41) is 0. The molecule has 0 aliphatic carbocycles. The van der Waals surface area contributed by atoms with Gasteiger partial charge < -0.3 is 4.74 Å². The molecule has 0 N–H and O–H groups in total. The highest BCUT2D eigenvalue weighted by Crippen LogP contribution is 2.24. The van der Waals surface area contributed by atoms with Gasteiger partial charge in [0, 0.05) is 5.69 Å². The Balaban J connectivity index is 2.25. The number of cyclic esters (lactones) is 1. The zero-order chi connectivity index (χ0) is 10.7. The van der Waals surface area contributed by atoms with Crippen LogP contribution in [0.5, 0.6) is 0 Å². The second-order valence-corrected chi connectivity index (χ2v) is 3.46. The fourth-order valence-electron chi connectivity index (χ4n) is 1.73. The Morgan fingerprint density at radius 3 is 2.87 bits per heavy atom. The van der Waals surface area contributed by atoms with E-state index >= 15 is 0 Å². The average molecular weight is 203 g/mol. The highest BCUT2D eigenvalue weighted by atomic mass is 16.6. The molecule has 1 aliphatic heterocycles. The monoisotopic (exact) mass is 203 g/mol. The molecule has 3 nitrogen and oxygen atoms in total. The van der Waals surface area contributed by atoms with E-state index in [1.807, 2.05) is 36.4 Å². The normalized spacial score (nSPS) is 20.1. The zero-order valence-corrected chi connectivity index (χ0v) is 8.43. The molecular weight excluding hydrogens is 190 g/mol. The third-order valence-electron chi connectivity index (χ3n) is 2.43. The number of hydrogen-bond acceptors (Lipinski definition) is 2. The number of para-hydroxylation sites is 1. The molecule has 1 fully saturated rings. The van der Waals surface area contributed by atoms with Crippen LogP contribution in [0.25, 0.3) is 0 Å². The maximum absolute atomic E-state index is 11.5. The first kappa shape index (κ1) is 9.77. The molecule has 1 amide bonds. The lowest BCUT2D eigenvalue weighted by Crippen LogP contribution is -2.32. The van der Waals surface area contributed by atoms with Crippen molar-refractivity contribution in [1.29, 1.82) is 0 Å². The molecule has 1 aromatic rings. The summed E-state index contributed by atoms with van der Waals surface area (Å²) in [6, 6.07) is 9.63. The largest absolute Gasteiger partial charge is 0.447 e. The van der Waals surface area contributed by atoms with Crippen LogP contribution < -0.4 is 4.90 Å². The molecule has 1 aliphatic rings.